The first-order valence-corrected chi connectivity index (χ1v) is 17.6. The van der Waals surface area contributed by atoms with Gasteiger partial charge in [-0.15, -0.1) is 5.75 Å². The van der Waals surface area contributed by atoms with Gasteiger partial charge in [0.05, 0.1) is 17.1 Å². The van der Waals surface area contributed by atoms with E-state index in [4.69, 9.17) is 24.8 Å². The van der Waals surface area contributed by atoms with Crippen molar-refractivity contribution in [1.29, 1.82) is 0 Å². The first-order chi connectivity index (χ1) is 25.2. The van der Waals surface area contributed by atoms with Crippen LogP contribution in [0.5, 0.6) is 5.75 Å². The molecule has 2 saturated heterocycles. The third-order valence-electron chi connectivity index (χ3n) is 8.40. The Balaban J connectivity index is 0.000000237. The summed E-state index contributed by atoms with van der Waals surface area (Å²) in [6.45, 7) is 4.00. The number of rotatable bonds is 6. The largest absolute Gasteiger partial charge is 2.00 e. The maximum Gasteiger partial charge on any atom is 2.00 e. The maximum absolute atomic E-state index is 10.3. The minimum atomic E-state index is -1.48. The topological polar surface area (TPSA) is 95.0 Å². The fraction of sp³-hybridized carbons (Fsp3) is 0.195. The molecule has 4 aromatic carbocycles. The van der Waals surface area contributed by atoms with Crippen LogP contribution < -0.4 is 5.11 Å². The Labute approximate surface area is 315 Å². The van der Waals surface area contributed by atoms with Gasteiger partial charge in [0.1, 0.15) is 0 Å². The molecule has 0 bridgehead atoms. The van der Waals surface area contributed by atoms with Gasteiger partial charge in [-0.3, -0.25) is 0 Å². The van der Waals surface area contributed by atoms with Crippen LogP contribution in [-0.4, -0.2) is 62.6 Å². The normalized spacial score (nSPS) is 13.1. The van der Waals surface area contributed by atoms with E-state index in [0.29, 0.717) is 0 Å². The van der Waals surface area contributed by atoms with E-state index >= 15 is 0 Å². The predicted octanol–water partition coefficient (Wildman–Crippen LogP) is 7.29. The van der Waals surface area contributed by atoms with Crippen LogP contribution in [0.3, 0.4) is 0 Å². The fourth-order valence-corrected chi connectivity index (χ4v) is 5.73. The predicted molar refractivity (Wildman–Crippen MR) is 202 cm³/mol. The number of para-hydroxylation sites is 1. The van der Waals surface area contributed by atoms with E-state index in [2.05, 4.69) is 36.4 Å². The smallest absolute Gasteiger partial charge is 0.872 e. The van der Waals surface area contributed by atoms with Crippen molar-refractivity contribution in [2.24, 2.45) is 0 Å². The molecule has 2 aliphatic heterocycles. The molecule has 7 aromatic rings. The van der Waals surface area contributed by atoms with Crippen LogP contribution in [0.1, 0.15) is 25.7 Å². The van der Waals surface area contributed by atoms with Gasteiger partial charge in [-0.25, -0.2) is 15.3 Å². The minimum Gasteiger partial charge on any atom is -0.872 e. The fourth-order valence-electron chi connectivity index (χ4n) is 5.73. The van der Waals surface area contributed by atoms with Gasteiger partial charge in [0.15, 0.2) is 0 Å². The Bertz CT molecular complexity index is 1770. The molecular weight excluding hydrogens is 694 g/mol. The van der Waals surface area contributed by atoms with Crippen molar-refractivity contribution in [3.63, 3.8) is 0 Å². The van der Waals surface area contributed by atoms with Crippen LogP contribution in [0.4, 0.5) is 0 Å². The standard InChI is InChI=1S/C27H22BN6.C6H6O.2C4H8O.Ni/c1-4-10-22(11-5-1)25-16-19-32(29-25)28(33-20-17-26(30-33)23-12-6-2-7-13-23)34-21-18-27(31-34)24-14-8-3-9-15-24;7-6-4-2-1-3-5-6;2*1-2-4-5-3-1;/h1-21,28H;1-5,7H;2*1-4H2;/q-1;;;;+2/p-1. The molecule has 2 fully saturated rings. The second kappa shape index (κ2) is 20.6. The summed E-state index contributed by atoms with van der Waals surface area (Å²) in [4.78, 5) is 0. The van der Waals surface area contributed by atoms with Crippen molar-refractivity contribution in [1.82, 2.24) is 29.1 Å². The van der Waals surface area contributed by atoms with Gasteiger partial charge in [0.25, 0.3) is 0 Å². The Morgan fingerprint density at radius 1 is 0.423 bits per heavy atom. The number of aromatic nitrogens is 6. The average Bonchev–Trinajstić information content (AvgIpc) is 4.05. The van der Waals surface area contributed by atoms with E-state index in [1.165, 1.54) is 37.8 Å². The molecule has 0 amide bonds. The van der Waals surface area contributed by atoms with E-state index < -0.39 is 7.12 Å². The summed E-state index contributed by atoms with van der Waals surface area (Å²) < 4.78 is 15.8. The zero-order valence-corrected chi connectivity index (χ0v) is 30.1. The molecule has 0 unspecified atom stereocenters. The van der Waals surface area contributed by atoms with Crippen LogP contribution in [0.15, 0.2) is 158 Å². The SMILES string of the molecule is C1CCOC1.C1CCOC1.[Ni+2].[O-]c1ccccc1.c1ccc(-c2ccn([BH-](n3ccc(-c4ccccc4)n3)n3ccc(-c4ccccc4)n3)n2)cc1. The molecule has 5 heterocycles. The summed E-state index contributed by atoms with van der Waals surface area (Å²) in [6.07, 6.45) is 11.1. The minimum absolute atomic E-state index is 0. The van der Waals surface area contributed by atoms with E-state index in [1.54, 1.807) is 12.1 Å². The Morgan fingerprint density at radius 3 is 0.942 bits per heavy atom. The van der Waals surface area contributed by atoms with Gasteiger partial charge in [-0.1, -0.05) is 121 Å². The first kappa shape index (κ1) is 38.0. The van der Waals surface area contributed by atoms with E-state index in [1.807, 2.05) is 111 Å². The van der Waals surface area contributed by atoms with Crippen molar-refractivity contribution < 1.29 is 31.1 Å². The molecule has 268 valence electrons. The van der Waals surface area contributed by atoms with Crippen LogP contribution in [0.25, 0.3) is 33.8 Å². The third kappa shape index (κ3) is 11.1. The average molecular weight is 737 g/mol. The Kier molecular flexibility index (Phi) is 15.1. The number of ether oxygens (including phenoxy) is 2. The molecule has 0 spiro atoms. The summed E-state index contributed by atoms with van der Waals surface area (Å²) in [5, 5.41) is 25.1. The van der Waals surface area contributed by atoms with E-state index in [0.717, 1.165) is 60.2 Å². The van der Waals surface area contributed by atoms with E-state index in [9.17, 15) is 5.11 Å². The second-order valence-electron chi connectivity index (χ2n) is 12.2. The maximum atomic E-state index is 10.3. The van der Waals surface area contributed by atoms with Crippen molar-refractivity contribution in [3.05, 3.63) is 158 Å². The molecule has 3 aromatic heterocycles. The van der Waals surface area contributed by atoms with Crippen LogP contribution in [-0.2, 0) is 26.0 Å². The summed E-state index contributed by atoms with van der Waals surface area (Å²) in [5.41, 5.74) is 6.00. The van der Waals surface area contributed by atoms with Crippen molar-refractivity contribution in [2.75, 3.05) is 26.4 Å². The summed E-state index contributed by atoms with van der Waals surface area (Å²) in [7, 11) is -1.48. The van der Waals surface area contributed by atoms with Gasteiger partial charge in [-0.05, 0) is 62.5 Å². The van der Waals surface area contributed by atoms with Crippen LogP contribution in [0.2, 0.25) is 0 Å². The summed E-state index contributed by atoms with van der Waals surface area (Å²) in [6, 6.07) is 45.1. The van der Waals surface area contributed by atoms with Crippen molar-refractivity contribution in [2.45, 2.75) is 25.7 Å². The van der Waals surface area contributed by atoms with Gasteiger partial charge >= 0.3 is 23.6 Å². The van der Waals surface area contributed by atoms with Crippen molar-refractivity contribution >= 4 is 7.12 Å². The molecule has 52 heavy (non-hydrogen) atoms. The first-order valence-electron chi connectivity index (χ1n) is 17.6. The summed E-state index contributed by atoms with van der Waals surface area (Å²) >= 11 is 0. The van der Waals surface area contributed by atoms with Gasteiger partial charge in [0, 0.05) is 43.1 Å². The van der Waals surface area contributed by atoms with Crippen molar-refractivity contribution in [3.8, 4) is 39.5 Å². The monoisotopic (exact) mass is 736 g/mol. The quantitative estimate of drug-likeness (QED) is 0.167. The number of benzene rings is 4. The number of hydrogen-bond acceptors (Lipinski definition) is 6. The van der Waals surface area contributed by atoms with Gasteiger partial charge in [-0.2, -0.15) is 0 Å². The molecule has 0 saturated carbocycles. The zero-order chi connectivity index (χ0) is 34.9. The Morgan fingerprint density at radius 2 is 0.712 bits per heavy atom. The number of hydrogen-bond donors (Lipinski definition) is 0. The number of nitrogens with zero attached hydrogens (tertiary/aromatic N) is 6. The molecule has 0 N–H and O–H groups in total. The molecule has 2 aliphatic rings. The van der Waals surface area contributed by atoms with Crippen LogP contribution in [0, 0.1) is 0 Å². The molecule has 0 aliphatic carbocycles. The Hall–Kier alpha value is -5.21. The van der Waals surface area contributed by atoms with Gasteiger partial charge < -0.3 is 28.4 Å². The second-order valence-corrected chi connectivity index (χ2v) is 12.2. The molecular formula is C41H43BN6NiO3. The van der Waals surface area contributed by atoms with Crippen LogP contribution >= 0.6 is 0 Å². The van der Waals surface area contributed by atoms with E-state index in [-0.39, 0.29) is 22.2 Å². The zero-order valence-electron chi connectivity index (χ0n) is 29.1. The molecule has 0 radical (unpaired) electrons. The third-order valence-corrected chi connectivity index (χ3v) is 8.40. The summed E-state index contributed by atoms with van der Waals surface area (Å²) in [5.74, 6) is 0.0718. The molecule has 0 atom stereocenters. The van der Waals surface area contributed by atoms with Gasteiger partial charge in [0.2, 0.25) is 0 Å². The molecule has 9 nitrogen and oxygen atoms in total. The molecule has 11 heteroatoms. The molecule has 9 rings (SSSR count).